The number of anilines is 2. The highest BCUT2D eigenvalue weighted by Crippen LogP contribution is 2.48. The molecule has 2 aromatic carbocycles. The van der Waals surface area contributed by atoms with Crippen molar-refractivity contribution in [2.24, 2.45) is 5.41 Å². The van der Waals surface area contributed by atoms with Crippen LogP contribution >= 0.6 is 0 Å². The normalized spacial score (nSPS) is 14.0. The second-order valence-electron chi connectivity index (χ2n) is 7.15. The number of aryl methyl sites for hydroxylation is 1. The highest BCUT2D eigenvalue weighted by atomic mass is 16.5. The third kappa shape index (κ3) is 3.85. The van der Waals surface area contributed by atoms with Gasteiger partial charge in [-0.1, -0.05) is 12.1 Å². The zero-order valence-corrected chi connectivity index (χ0v) is 17.3. The first-order chi connectivity index (χ1) is 13.9. The van der Waals surface area contributed by atoms with Gasteiger partial charge in [-0.2, -0.15) is 0 Å². The maximum Gasteiger partial charge on any atom is 0.240 e. The van der Waals surface area contributed by atoms with E-state index in [1.165, 1.54) is 21.3 Å². The molecule has 0 saturated heterocycles. The summed E-state index contributed by atoms with van der Waals surface area (Å²) in [6.07, 6.45) is 1.000. The average Bonchev–Trinajstić information content (AvgIpc) is 3.52. The maximum absolute atomic E-state index is 12.9. The fourth-order valence-electron chi connectivity index (χ4n) is 3.21. The van der Waals surface area contributed by atoms with E-state index < -0.39 is 5.41 Å². The lowest BCUT2D eigenvalue weighted by atomic mass is 10.0. The zero-order valence-electron chi connectivity index (χ0n) is 17.3. The first-order valence-corrected chi connectivity index (χ1v) is 9.35. The van der Waals surface area contributed by atoms with E-state index in [1.54, 1.807) is 12.1 Å². The van der Waals surface area contributed by atoms with Crippen LogP contribution in [0.2, 0.25) is 0 Å². The minimum atomic E-state index is -1.07. The lowest BCUT2D eigenvalue weighted by Crippen LogP contribution is -2.35. The number of rotatable bonds is 7. The number of carbonyl (C=O) groups excluding carboxylic acids is 2. The van der Waals surface area contributed by atoms with Crippen molar-refractivity contribution in [3.8, 4) is 17.2 Å². The van der Waals surface area contributed by atoms with Crippen LogP contribution in [0.25, 0.3) is 0 Å². The summed E-state index contributed by atoms with van der Waals surface area (Å²) in [6, 6.07) is 8.98. The van der Waals surface area contributed by atoms with Crippen LogP contribution in [-0.2, 0) is 9.59 Å². The molecule has 2 N–H and O–H groups in total. The number of ether oxygens (including phenoxy) is 3. The Labute approximate surface area is 170 Å². The van der Waals surface area contributed by atoms with Crippen molar-refractivity contribution in [3.05, 3.63) is 41.5 Å². The van der Waals surface area contributed by atoms with Crippen molar-refractivity contribution in [1.82, 2.24) is 0 Å². The van der Waals surface area contributed by atoms with Crippen LogP contribution in [0.4, 0.5) is 11.4 Å². The molecule has 0 atom stereocenters. The quantitative estimate of drug-likeness (QED) is 0.695. The van der Waals surface area contributed by atoms with Gasteiger partial charge in [0.05, 0.1) is 21.3 Å². The molecule has 0 spiro atoms. The Bertz CT molecular complexity index is 925. The molecule has 7 heteroatoms. The van der Waals surface area contributed by atoms with Gasteiger partial charge >= 0.3 is 0 Å². The highest BCUT2D eigenvalue weighted by Gasteiger charge is 2.56. The number of nitrogens with one attached hydrogen (secondary N) is 2. The average molecular weight is 398 g/mol. The van der Waals surface area contributed by atoms with Crippen molar-refractivity contribution in [3.63, 3.8) is 0 Å². The summed E-state index contributed by atoms with van der Waals surface area (Å²) in [4.78, 5) is 25.8. The molecule has 2 amide bonds. The molecule has 1 aliphatic rings. The zero-order chi connectivity index (χ0) is 21.2. The van der Waals surface area contributed by atoms with Gasteiger partial charge in [-0.05, 0) is 43.9 Å². The predicted molar refractivity (Wildman–Crippen MR) is 111 cm³/mol. The van der Waals surface area contributed by atoms with Crippen molar-refractivity contribution in [2.75, 3.05) is 32.0 Å². The van der Waals surface area contributed by atoms with Crippen molar-refractivity contribution >= 4 is 23.2 Å². The molecule has 0 unspecified atom stereocenters. The van der Waals surface area contributed by atoms with Gasteiger partial charge in [-0.15, -0.1) is 0 Å². The number of hydrogen-bond acceptors (Lipinski definition) is 5. The van der Waals surface area contributed by atoms with Gasteiger partial charge in [0, 0.05) is 23.5 Å². The minimum absolute atomic E-state index is 0.295. The fraction of sp³-hybridized carbons (Fsp3) is 0.364. The van der Waals surface area contributed by atoms with E-state index in [0.717, 1.165) is 16.8 Å². The number of benzene rings is 2. The molecule has 1 saturated carbocycles. The molecule has 0 aromatic heterocycles. The Kier molecular flexibility index (Phi) is 5.68. The summed E-state index contributed by atoms with van der Waals surface area (Å²) >= 11 is 0. The Balaban J connectivity index is 1.80. The van der Waals surface area contributed by atoms with Crippen LogP contribution in [-0.4, -0.2) is 33.1 Å². The summed E-state index contributed by atoms with van der Waals surface area (Å²) in [5.41, 5.74) is 2.18. The number of hydrogen-bond donors (Lipinski definition) is 2. The van der Waals surface area contributed by atoms with Crippen molar-refractivity contribution in [2.45, 2.75) is 26.7 Å². The molecular weight excluding hydrogens is 372 g/mol. The van der Waals surface area contributed by atoms with Gasteiger partial charge in [0.15, 0.2) is 11.5 Å². The van der Waals surface area contributed by atoms with Gasteiger partial charge in [0.2, 0.25) is 17.6 Å². The second-order valence-corrected chi connectivity index (χ2v) is 7.15. The first kappa shape index (κ1) is 20.5. The number of methoxy groups -OCH3 is 3. The maximum atomic E-state index is 12.9. The summed E-state index contributed by atoms with van der Waals surface area (Å²) in [7, 11) is 4.52. The Morgan fingerprint density at radius 1 is 0.897 bits per heavy atom. The molecule has 0 radical (unpaired) electrons. The van der Waals surface area contributed by atoms with E-state index in [2.05, 4.69) is 10.6 Å². The van der Waals surface area contributed by atoms with Gasteiger partial charge in [-0.3, -0.25) is 9.59 Å². The van der Waals surface area contributed by atoms with Gasteiger partial charge < -0.3 is 24.8 Å². The Morgan fingerprint density at radius 2 is 1.48 bits per heavy atom. The second kappa shape index (κ2) is 8.03. The van der Waals surface area contributed by atoms with Crippen LogP contribution in [0.5, 0.6) is 17.2 Å². The number of carbonyl (C=O) groups is 2. The summed E-state index contributed by atoms with van der Waals surface area (Å²) in [5, 5.41) is 5.74. The van der Waals surface area contributed by atoms with Crippen LogP contribution in [0.3, 0.4) is 0 Å². The van der Waals surface area contributed by atoms with E-state index in [1.807, 2.05) is 32.0 Å². The molecule has 3 rings (SSSR count). The van der Waals surface area contributed by atoms with E-state index >= 15 is 0 Å². The first-order valence-electron chi connectivity index (χ1n) is 9.35. The lowest BCUT2D eigenvalue weighted by Gasteiger charge is -2.18. The molecular formula is C22H26N2O5. The monoisotopic (exact) mass is 398 g/mol. The van der Waals surface area contributed by atoms with Crippen LogP contribution in [0.1, 0.15) is 24.0 Å². The lowest BCUT2D eigenvalue weighted by molar-refractivity contribution is -0.131. The molecule has 0 bridgehead atoms. The SMILES string of the molecule is COc1cc(NC(=O)C2(C(=O)Nc3cccc(C)c3C)CC2)cc(OC)c1OC. The molecule has 0 aliphatic heterocycles. The number of amides is 2. The van der Waals surface area contributed by atoms with E-state index in [0.29, 0.717) is 35.8 Å². The molecule has 1 aliphatic carbocycles. The largest absolute Gasteiger partial charge is 0.493 e. The van der Waals surface area contributed by atoms with E-state index in [-0.39, 0.29) is 11.8 Å². The molecule has 154 valence electrons. The van der Waals surface area contributed by atoms with Crippen molar-refractivity contribution < 1.29 is 23.8 Å². The highest BCUT2D eigenvalue weighted by molar-refractivity contribution is 6.17. The van der Waals surface area contributed by atoms with Gasteiger partial charge in [0.1, 0.15) is 5.41 Å². The molecule has 0 heterocycles. The van der Waals surface area contributed by atoms with Crippen LogP contribution in [0, 0.1) is 19.3 Å². The van der Waals surface area contributed by atoms with Gasteiger partial charge in [-0.25, -0.2) is 0 Å². The van der Waals surface area contributed by atoms with E-state index in [9.17, 15) is 9.59 Å². The third-order valence-electron chi connectivity index (χ3n) is 5.39. The predicted octanol–water partition coefficient (Wildman–Crippen LogP) is 3.69. The summed E-state index contributed by atoms with van der Waals surface area (Å²) in [6.45, 7) is 3.93. The third-order valence-corrected chi connectivity index (χ3v) is 5.39. The van der Waals surface area contributed by atoms with E-state index in [4.69, 9.17) is 14.2 Å². The molecule has 29 heavy (non-hydrogen) atoms. The molecule has 7 nitrogen and oxygen atoms in total. The molecule has 2 aromatic rings. The van der Waals surface area contributed by atoms with Gasteiger partial charge in [0.25, 0.3) is 0 Å². The Hall–Kier alpha value is -3.22. The van der Waals surface area contributed by atoms with Crippen molar-refractivity contribution in [1.29, 1.82) is 0 Å². The Morgan fingerprint density at radius 3 is 2.00 bits per heavy atom. The topological polar surface area (TPSA) is 85.9 Å². The standard InChI is InChI=1S/C22H26N2O5/c1-13-7-6-8-16(14(13)2)24-21(26)22(9-10-22)20(25)23-15-11-17(27-3)19(29-5)18(12-15)28-4/h6-8,11-12H,9-10H2,1-5H3,(H,23,25)(H,24,26). The fourth-order valence-corrected chi connectivity index (χ4v) is 3.21. The smallest absolute Gasteiger partial charge is 0.240 e. The molecule has 1 fully saturated rings. The van der Waals surface area contributed by atoms with Crippen LogP contribution in [0.15, 0.2) is 30.3 Å². The summed E-state index contributed by atoms with van der Waals surface area (Å²) in [5.74, 6) is 0.631. The van der Waals surface area contributed by atoms with Crippen LogP contribution < -0.4 is 24.8 Å². The minimum Gasteiger partial charge on any atom is -0.493 e. The summed E-state index contributed by atoms with van der Waals surface area (Å²) < 4.78 is 15.9.